The molecular weight excluding hydrogens is 370 g/mol. The van der Waals surface area contributed by atoms with Gasteiger partial charge in [-0.3, -0.25) is 9.59 Å². The molecule has 3 rings (SSSR count). The number of nitrogens with one attached hydrogen (secondary N) is 1. The summed E-state index contributed by atoms with van der Waals surface area (Å²) in [6.45, 7) is 7.29. The number of benzene rings is 1. The van der Waals surface area contributed by atoms with E-state index in [0.29, 0.717) is 32.5 Å². The van der Waals surface area contributed by atoms with E-state index in [4.69, 9.17) is 4.74 Å². The van der Waals surface area contributed by atoms with Crippen molar-refractivity contribution in [2.75, 3.05) is 26.2 Å². The zero-order valence-electron chi connectivity index (χ0n) is 16.9. The number of ether oxygens (including phenoxy) is 1. The van der Waals surface area contributed by atoms with Gasteiger partial charge in [-0.1, -0.05) is 43.0 Å². The first-order valence-corrected chi connectivity index (χ1v) is 10.2. The van der Waals surface area contributed by atoms with Gasteiger partial charge in [0.25, 0.3) is 0 Å². The van der Waals surface area contributed by atoms with Crippen molar-refractivity contribution in [2.24, 2.45) is 5.92 Å². The molecule has 0 radical (unpaired) electrons. The van der Waals surface area contributed by atoms with Crippen molar-refractivity contribution in [2.45, 2.75) is 38.3 Å². The van der Waals surface area contributed by atoms with E-state index < -0.39 is 6.09 Å². The van der Waals surface area contributed by atoms with Crippen molar-refractivity contribution in [3.8, 4) is 0 Å². The molecule has 29 heavy (non-hydrogen) atoms. The van der Waals surface area contributed by atoms with E-state index in [1.165, 1.54) is 6.08 Å². The molecule has 0 aliphatic carbocycles. The first-order valence-electron chi connectivity index (χ1n) is 10.2. The van der Waals surface area contributed by atoms with E-state index >= 15 is 0 Å². The van der Waals surface area contributed by atoms with Crippen LogP contribution in [0.5, 0.6) is 0 Å². The topological polar surface area (TPSA) is 79.0 Å². The van der Waals surface area contributed by atoms with Crippen molar-refractivity contribution in [3.63, 3.8) is 0 Å². The first-order chi connectivity index (χ1) is 14.0. The smallest absolute Gasteiger partial charge is 0.407 e. The molecule has 2 heterocycles. The summed E-state index contributed by atoms with van der Waals surface area (Å²) in [6, 6.07) is 9.83. The van der Waals surface area contributed by atoms with E-state index in [1.54, 1.807) is 0 Å². The molecule has 2 aliphatic rings. The fraction of sp³-hybridized carbons (Fsp3) is 0.500. The minimum absolute atomic E-state index is 0.00354. The minimum atomic E-state index is -0.457. The molecule has 1 aromatic rings. The molecule has 0 aromatic heterocycles. The molecule has 2 saturated heterocycles. The zero-order chi connectivity index (χ0) is 20.8. The van der Waals surface area contributed by atoms with E-state index in [1.807, 2.05) is 47.1 Å². The summed E-state index contributed by atoms with van der Waals surface area (Å²) in [5.41, 5.74) is 1.07. The molecule has 7 heteroatoms. The monoisotopic (exact) mass is 399 g/mol. The second kappa shape index (κ2) is 9.58. The molecule has 2 aliphatic heterocycles. The molecule has 0 saturated carbocycles. The van der Waals surface area contributed by atoms with Crippen LogP contribution in [0.4, 0.5) is 4.79 Å². The number of hydrogen-bond acceptors (Lipinski definition) is 4. The van der Waals surface area contributed by atoms with Crippen molar-refractivity contribution in [1.82, 2.24) is 15.1 Å². The van der Waals surface area contributed by atoms with Crippen LogP contribution < -0.4 is 5.32 Å². The van der Waals surface area contributed by atoms with Crippen molar-refractivity contribution in [3.05, 3.63) is 48.6 Å². The molecular formula is C22H29N3O4. The maximum Gasteiger partial charge on any atom is 0.407 e. The highest BCUT2D eigenvalue weighted by molar-refractivity contribution is 5.89. The number of hydrogen-bond donors (Lipinski definition) is 1. The number of carbonyl (C=O) groups is 3. The summed E-state index contributed by atoms with van der Waals surface area (Å²) in [6.07, 6.45) is 2.69. The average molecular weight is 399 g/mol. The third-order valence-corrected chi connectivity index (χ3v) is 5.72. The average Bonchev–Trinajstić information content (AvgIpc) is 3.14. The molecule has 2 atom stereocenters. The van der Waals surface area contributed by atoms with Crippen LogP contribution in [0, 0.1) is 5.92 Å². The lowest BCUT2D eigenvalue weighted by molar-refractivity contribution is -0.136. The predicted octanol–water partition coefficient (Wildman–Crippen LogP) is 2.50. The molecule has 2 unspecified atom stereocenters. The van der Waals surface area contributed by atoms with Crippen molar-refractivity contribution >= 4 is 17.9 Å². The summed E-state index contributed by atoms with van der Waals surface area (Å²) in [7, 11) is 0. The van der Waals surface area contributed by atoms with Crippen LogP contribution in [0.3, 0.4) is 0 Å². The SMILES string of the molecule is C=CCOC(=O)NC1CCN(C(=O)C2CC(=O)N(C(C)c3ccccc3)C2)CC1. The Kier molecular flexibility index (Phi) is 6.90. The molecule has 2 fully saturated rings. The lowest BCUT2D eigenvalue weighted by Crippen LogP contribution is -2.48. The minimum Gasteiger partial charge on any atom is -0.445 e. The fourth-order valence-electron chi connectivity index (χ4n) is 4.03. The summed E-state index contributed by atoms with van der Waals surface area (Å²) in [5.74, 6) is -0.231. The highest BCUT2D eigenvalue weighted by Gasteiger charge is 2.39. The largest absolute Gasteiger partial charge is 0.445 e. The van der Waals surface area contributed by atoms with E-state index in [9.17, 15) is 14.4 Å². The van der Waals surface area contributed by atoms with Gasteiger partial charge in [0.2, 0.25) is 11.8 Å². The van der Waals surface area contributed by atoms with E-state index in [2.05, 4.69) is 11.9 Å². The van der Waals surface area contributed by atoms with E-state index in [0.717, 1.165) is 5.56 Å². The zero-order valence-corrected chi connectivity index (χ0v) is 16.9. The molecule has 3 amide bonds. The van der Waals surface area contributed by atoms with Gasteiger partial charge < -0.3 is 19.9 Å². The number of alkyl carbamates (subject to hydrolysis) is 1. The predicted molar refractivity (Wildman–Crippen MR) is 109 cm³/mol. The van der Waals surface area contributed by atoms with Gasteiger partial charge in [-0.05, 0) is 25.3 Å². The maximum atomic E-state index is 12.9. The summed E-state index contributed by atoms with van der Waals surface area (Å²) >= 11 is 0. The van der Waals surface area contributed by atoms with Crippen molar-refractivity contribution < 1.29 is 19.1 Å². The van der Waals surface area contributed by atoms with Crippen LogP contribution in [0.25, 0.3) is 0 Å². The van der Waals surface area contributed by atoms with Gasteiger partial charge in [0, 0.05) is 32.1 Å². The van der Waals surface area contributed by atoms with Gasteiger partial charge in [0.1, 0.15) is 6.61 Å². The molecule has 1 aromatic carbocycles. The Balaban J connectivity index is 1.50. The van der Waals surface area contributed by atoms with Crippen LogP contribution in [0.15, 0.2) is 43.0 Å². The highest BCUT2D eigenvalue weighted by atomic mass is 16.5. The normalized spacial score (nSPS) is 21.0. The fourth-order valence-corrected chi connectivity index (χ4v) is 4.03. The second-order valence-corrected chi connectivity index (χ2v) is 7.66. The van der Waals surface area contributed by atoms with Gasteiger partial charge in [-0.2, -0.15) is 0 Å². The Bertz CT molecular complexity index is 744. The van der Waals surface area contributed by atoms with Gasteiger partial charge in [0.15, 0.2) is 0 Å². The Hall–Kier alpha value is -2.83. The van der Waals surface area contributed by atoms with Crippen LogP contribution in [-0.4, -0.2) is 60.0 Å². The van der Waals surface area contributed by atoms with Crippen LogP contribution in [0.1, 0.15) is 37.8 Å². The van der Waals surface area contributed by atoms with E-state index in [-0.39, 0.29) is 42.8 Å². The second-order valence-electron chi connectivity index (χ2n) is 7.66. The molecule has 0 spiro atoms. The lowest BCUT2D eigenvalue weighted by atomic mass is 10.0. The summed E-state index contributed by atoms with van der Waals surface area (Å²) in [5, 5.41) is 2.82. The number of nitrogens with zero attached hydrogens (tertiary/aromatic N) is 2. The first kappa shape index (κ1) is 20.9. The Labute approximate surface area is 171 Å². The number of piperidine rings is 1. The number of likely N-dealkylation sites (tertiary alicyclic amines) is 2. The molecule has 0 bridgehead atoms. The van der Waals surface area contributed by atoms with Crippen LogP contribution in [-0.2, 0) is 14.3 Å². The molecule has 156 valence electrons. The molecule has 7 nitrogen and oxygen atoms in total. The third-order valence-electron chi connectivity index (χ3n) is 5.72. The quantitative estimate of drug-likeness (QED) is 0.746. The van der Waals surface area contributed by atoms with Crippen LogP contribution in [0.2, 0.25) is 0 Å². The van der Waals surface area contributed by atoms with Gasteiger partial charge in [-0.25, -0.2) is 4.79 Å². The highest BCUT2D eigenvalue weighted by Crippen LogP contribution is 2.30. The van der Waals surface area contributed by atoms with Gasteiger partial charge in [0.05, 0.1) is 12.0 Å². The standard InChI is InChI=1S/C22H29N3O4/c1-3-13-29-22(28)23-19-9-11-24(12-10-19)21(27)18-14-20(26)25(15-18)16(2)17-7-5-4-6-8-17/h3-8,16,18-19H,1,9-15H2,2H3,(H,23,28). The summed E-state index contributed by atoms with van der Waals surface area (Å²) in [4.78, 5) is 40.7. The third kappa shape index (κ3) is 5.16. The number of carbonyl (C=O) groups excluding carboxylic acids is 3. The Morgan fingerprint density at radius 2 is 1.97 bits per heavy atom. The molecule has 1 N–H and O–H groups in total. The Morgan fingerprint density at radius 3 is 2.62 bits per heavy atom. The van der Waals surface area contributed by atoms with Gasteiger partial charge in [-0.15, -0.1) is 0 Å². The number of amides is 3. The van der Waals surface area contributed by atoms with Crippen LogP contribution >= 0.6 is 0 Å². The lowest BCUT2D eigenvalue weighted by Gasteiger charge is -2.33. The summed E-state index contributed by atoms with van der Waals surface area (Å²) < 4.78 is 4.94. The van der Waals surface area contributed by atoms with Gasteiger partial charge >= 0.3 is 6.09 Å². The maximum absolute atomic E-state index is 12.9. The van der Waals surface area contributed by atoms with Crippen molar-refractivity contribution in [1.29, 1.82) is 0 Å². The number of rotatable bonds is 6. The Morgan fingerprint density at radius 1 is 1.28 bits per heavy atom.